The van der Waals surface area contributed by atoms with Crippen molar-refractivity contribution >= 4 is 11.9 Å². The lowest BCUT2D eigenvalue weighted by molar-refractivity contribution is -0.359. The summed E-state index contributed by atoms with van der Waals surface area (Å²) in [4.78, 5) is 21.0. The molecule has 11 heteroatoms. The van der Waals surface area contributed by atoms with Gasteiger partial charge in [-0.3, -0.25) is 4.79 Å². The molecule has 0 fully saturated rings. The molecule has 4 nitrogen and oxygen atoms in total. The topological polar surface area (TPSA) is 63.6 Å². The van der Waals surface area contributed by atoms with Gasteiger partial charge >= 0.3 is 30.0 Å². The van der Waals surface area contributed by atoms with Crippen LogP contribution in [0.3, 0.4) is 0 Å². The fraction of sp³-hybridized carbons (Fsp3) is 0.556. The van der Waals surface area contributed by atoms with Crippen molar-refractivity contribution in [2.24, 2.45) is 0 Å². The molecule has 0 aliphatic heterocycles. The van der Waals surface area contributed by atoms with Gasteiger partial charge in [0.25, 0.3) is 0 Å². The maximum absolute atomic E-state index is 12.7. The van der Waals surface area contributed by atoms with Gasteiger partial charge in [-0.05, 0) is 0 Å². The lowest BCUT2D eigenvalue weighted by atomic mass is 10.1. The summed E-state index contributed by atoms with van der Waals surface area (Å²) in [7, 11) is 0. The van der Waals surface area contributed by atoms with E-state index in [1.165, 1.54) is 0 Å². The fourth-order valence-electron chi connectivity index (χ4n) is 0.811. The maximum Gasteiger partial charge on any atom is 0.460 e. The highest BCUT2D eigenvalue weighted by Gasteiger charge is 2.73. The summed E-state index contributed by atoms with van der Waals surface area (Å²) < 4.78 is 88.8. The number of carboxylic acid groups (broad SMARTS) is 1. The van der Waals surface area contributed by atoms with E-state index in [-0.39, 0.29) is 0 Å². The summed E-state index contributed by atoms with van der Waals surface area (Å²) in [6, 6.07) is 0. The minimum Gasteiger partial charge on any atom is -0.481 e. The molecule has 0 atom stereocenters. The minimum absolute atomic E-state index is 0.886. The summed E-state index contributed by atoms with van der Waals surface area (Å²) >= 11 is 0. The maximum atomic E-state index is 12.7. The number of carbonyl (C=O) groups is 2. The summed E-state index contributed by atoms with van der Waals surface area (Å²) in [5, 5.41) is 8.21. The zero-order valence-electron chi connectivity index (χ0n) is 9.44. The summed E-state index contributed by atoms with van der Waals surface area (Å²) in [6.07, 6.45) is -7.58. The zero-order valence-corrected chi connectivity index (χ0v) is 9.44. The van der Waals surface area contributed by atoms with Gasteiger partial charge in [0.05, 0.1) is 6.42 Å². The van der Waals surface area contributed by atoms with E-state index in [1.54, 1.807) is 0 Å². The van der Waals surface area contributed by atoms with E-state index in [0.29, 0.717) is 0 Å². The smallest absolute Gasteiger partial charge is 0.460 e. The van der Waals surface area contributed by atoms with Crippen LogP contribution in [0.25, 0.3) is 0 Å². The van der Waals surface area contributed by atoms with E-state index < -0.39 is 48.6 Å². The van der Waals surface area contributed by atoms with Crippen molar-refractivity contribution in [3.8, 4) is 0 Å². The van der Waals surface area contributed by atoms with E-state index in [0.717, 1.165) is 0 Å². The Morgan fingerprint density at radius 1 is 1.05 bits per heavy atom. The predicted octanol–water partition coefficient (Wildman–Crippen LogP) is 2.39. The molecule has 20 heavy (non-hydrogen) atoms. The number of aliphatic carboxylic acids is 1. The van der Waals surface area contributed by atoms with Gasteiger partial charge in [0, 0.05) is 5.57 Å². The predicted molar refractivity (Wildman–Crippen MR) is 48.3 cm³/mol. The molecule has 0 heterocycles. The normalized spacial score (nSPS) is 12.9. The highest BCUT2D eigenvalue weighted by molar-refractivity contribution is 5.92. The Kier molecular flexibility index (Phi) is 5.16. The molecule has 0 unspecified atom stereocenters. The number of esters is 1. The first-order valence-electron chi connectivity index (χ1n) is 4.61. The second-order valence-electron chi connectivity index (χ2n) is 3.53. The van der Waals surface area contributed by atoms with E-state index in [4.69, 9.17) is 5.11 Å². The van der Waals surface area contributed by atoms with Crippen LogP contribution in [0.5, 0.6) is 0 Å². The molecule has 0 aliphatic rings. The average molecular weight is 312 g/mol. The lowest BCUT2D eigenvalue weighted by Crippen LogP contribution is -2.54. The van der Waals surface area contributed by atoms with Crippen molar-refractivity contribution < 1.29 is 50.2 Å². The highest BCUT2D eigenvalue weighted by atomic mass is 19.4. The first-order valence-corrected chi connectivity index (χ1v) is 4.61. The third-order valence-corrected chi connectivity index (χ3v) is 1.85. The van der Waals surface area contributed by atoms with Crippen molar-refractivity contribution in [2.75, 3.05) is 6.61 Å². The zero-order chi connectivity index (χ0) is 16.4. The van der Waals surface area contributed by atoms with Crippen molar-refractivity contribution in [2.45, 2.75) is 24.4 Å². The molecule has 0 amide bonds. The second kappa shape index (κ2) is 5.67. The largest absolute Gasteiger partial charge is 0.481 e. The molecule has 0 aromatic carbocycles. The Bertz CT molecular complexity index is 413. The van der Waals surface area contributed by atoms with E-state index in [1.807, 2.05) is 0 Å². The summed E-state index contributed by atoms with van der Waals surface area (Å²) in [6.45, 7) is 0.224. The van der Waals surface area contributed by atoms with E-state index in [2.05, 4.69) is 11.3 Å². The standard InChI is InChI=1S/C9H7F7O4/c1-4(2-5(17)18)6(19)20-3-7(10,11)8(12,13)9(14,15)16/h1-3H2,(H,17,18). The van der Waals surface area contributed by atoms with Gasteiger partial charge in [-0.1, -0.05) is 6.58 Å². The molecule has 0 rings (SSSR count). The molecule has 116 valence electrons. The minimum atomic E-state index is -6.54. The monoisotopic (exact) mass is 312 g/mol. The van der Waals surface area contributed by atoms with E-state index >= 15 is 0 Å². The van der Waals surface area contributed by atoms with Crippen molar-refractivity contribution in [3.63, 3.8) is 0 Å². The van der Waals surface area contributed by atoms with Crippen LogP contribution in [0, 0.1) is 0 Å². The number of hydrogen-bond acceptors (Lipinski definition) is 3. The Morgan fingerprint density at radius 2 is 1.50 bits per heavy atom. The Balaban J connectivity index is 4.77. The van der Waals surface area contributed by atoms with Gasteiger partial charge in [-0.25, -0.2) is 4.79 Å². The lowest BCUT2D eigenvalue weighted by Gasteiger charge is -2.27. The number of ether oxygens (including phenoxy) is 1. The molecule has 0 saturated carbocycles. The van der Waals surface area contributed by atoms with Crippen LogP contribution in [-0.4, -0.2) is 41.7 Å². The third kappa shape index (κ3) is 4.10. The Labute approximate surface area is 106 Å². The van der Waals surface area contributed by atoms with Crippen LogP contribution in [-0.2, 0) is 14.3 Å². The van der Waals surface area contributed by atoms with Crippen LogP contribution in [0.2, 0.25) is 0 Å². The molecule has 0 aliphatic carbocycles. The highest BCUT2D eigenvalue weighted by Crippen LogP contribution is 2.46. The van der Waals surface area contributed by atoms with Crippen molar-refractivity contribution in [3.05, 3.63) is 12.2 Å². The van der Waals surface area contributed by atoms with Crippen molar-refractivity contribution in [1.82, 2.24) is 0 Å². The summed E-state index contributed by atoms with van der Waals surface area (Å²) in [5.41, 5.74) is -0.886. The first kappa shape index (κ1) is 18.2. The molecule has 0 aromatic rings. The molecule has 0 radical (unpaired) electrons. The number of alkyl halides is 7. The number of halogens is 7. The van der Waals surface area contributed by atoms with Gasteiger partial charge < -0.3 is 9.84 Å². The number of carbonyl (C=O) groups excluding carboxylic acids is 1. The molecular weight excluding hydrogens is 305 g/mol. The quantitative estimate of drug-likeness (QED) is 0.465. The van der Waals surface area contributed by atoms with Crippen LogP contribution in [0.15, 0.2) is 12.2 Å². The van der Waals surface area contributed by atoms with Gasteiger partial charge in [-0.15, -0.1) is 0 Å². The number of hydrogen-bond donors (Lipinski definition) is 1. The third-order valence-electron chi connectivity index (χ3n) is 1.85. The Morgan fingerprint density at radius 3 is 1.85 bits per heavy atom. The van der Waals surface area contributed by atoms with Crippen LogP contribution in [0.1, 0.15) is 6.42 Å². The Hall–Kier alpha value is -1.81. The number of carboxylic acids is 1. The fourth-order valence-corrected chi connectivity index (χ4v) is 0.811. The summed E-state index contributed by atoms with van der Waals surface area (Å²) in [5.74, 6) is -15.5. The van der Waals surface area contributed by atoms with E-state index in [9.17, 15) is 40.3 Å². The van der Waals surface area contributed by atoms with Crippen molar-refractivity contribution in [1.29, 1.82) is 0 Å². The van der Waals surface area contributed by atoms with Crippen LogP contribution >= 0.6 is 0 Å². The SMILES string of the molecule is C=C(CC(=O)O)C(=O)OCC(F)(F)C(F)(F)C(F)(F)F. The molecule has 1 N–H and O–H groups in total. The molecular formula is C9H7F7O4. The average Bonchev–Trinajstić information content (AvgIpc) is 2.23. The molecule has 0 bridgehead atoms. The number of rotatable bonds is 6. The van der Waals surface area contributed by atoms with Gasteiger partial charge in [0.15, 0.2) is 6.61 Å². The van der Waals surface area contributed by atoms with Gasteiger partial charge in [-0.2, -0.15) is 30.7 Å². The van der Waals surface area contributed by atoms with Crippen LogP contribution in [0.4, 0.5) is 30.7 Å². The van der Waals surface area contributed by atoms with Gasteiger partial charge in [0.1, 0.15) is 0 Å². The second-order valence-corrected chi connectivity index (χ2v) is 3.53. The van der Waals surface area contributed by atoms with Crippen LogP contribution < -0.4 is 0 Å². The molecule has 0 spiro atoms. The molecule has 0 saturated heterocycles. The van der Waals surface area contributed by atoms with Gasteiger partial charge in [0.2, 0.25) is 0 Å². The molecule has 0 aromatic heterocycles. The first-order chi connectivity index (χ1) is 8.72.